The molecule has 1 aliphatic carbocycles. The quantitative estimate of drug-likeness (QED) is 0.887. The van der Waals surface area contributed by atoms with E-state index in [9.17, 15) is 9.59 Å². The topological polar surface area (TPSA) is 58.2 Å². The fourth-order valence-corrected chi connectivity index (χ4v) is 2.67. The van der Waals surface area contributed by atoms with Gasteiger partial charge in [-0.15, -0.1) is 0 Å². The van der Waals surface area contributed by atoms with E-state index in [1.54, 1.807) is 24.3 Å². The highest BCUT2D eigenvalue weighted by molar-refractivity contribution is 5.96. The van der Waals surface area contributed by atoms with E-state index in [4.69, 9.17) is 0 Å². The number of benzene rings is 1. The minimum atomic E-state index is -0.134. The van der Waals surface area contributed by atoms with Gasteiger partial charge in [-0.2, -0.15) is 0 Å². The van der Waals surface area contributed by atoms with Crippen LogP contribution in [0.4, 0.5) is 5.69 Å². The molecule has 2 rings (SSSR count). The van der Waals surface area contributed by atoms with Crippen LogP contribution in [0.15, 0.2) is 24.3 Å². The van der Waals surface area contributed by atoms with E-state index >= 15 is 0 Å². The lowest BCUT2D eigenvalue weighted by atomic mass is 9.89. The Labute approximate surface area is 119 Å². The molecule has 0 aliphatic heterocycles. The molecule has 4 nitrogen and oxygen atoms in total. The van der Waals surface area contributed by atoms with Gasteiger partial charge >= 0.3 is 0 Å². The maximum Gasteiger partial charge on any atom is 0.251 e. The number of carbonyl (C=O) groups is 2. The lowest BCUT2D eigenvalue weighted by Crippen LogP contribution is -2.30. The zero-order valence-corrected chi connectivity index (χ0v) is 11.9. The lowest BCUT2D eigenvalue weighted by molar-refractivity contribution is -0.114. The van der Waals surface area contributed by atoms with Crippen molar-refractivity contribution in [3.05, 3.63) is 29.8 Å². The van der Waals surface area contributed by atoms with E-state index in [0.717, 1.165) is 6.54 Å². The number of rotatable bonds is 4. The Morgan fingerprint density at radius 3 is 2.65 bits per heavy atom. The predicted molar refractivity (Wildman–Crippen MR) is 79.7 cm³/mol. The second kappa shape index (κ2) is 7.08. The van der Waals surface area contributed by atoms with Gasteiger partial charge in [0.1, 0.15) is 0 Å². The van der Waals surface area contributed by atoms with Crippen LogP contribution >= 0.6 is 0 Å². The molecule has 1 aliphatic rings. The summed E-state index contributed by atoms with van der Waals surface area (Å²) in [6.45, 7) is 2.21. The van der Waals surface area contributed by atoms with Gasteiger partial charge in [0.15, 0.2) is 0 Å². The van der Waals surface area contributed by atoms with Gasteiger partial charge in [-0.25, -0.2) is 0 Å². The molecule has 0 radical (unpaired) electrons. The van der Waals surface area contributed by atoms with Crippen LogP contribution in [0, 0.1) is 5.92 Å². The van der Waals surface area contributed by atoms with Crippen molar-refractivity contribution in [2.75, 3.05) is 11.9 Å². The fourth-order valence-electron chi connectivity index (χ4n) is 2.67. The molecule has 20 heavy (non-hydrogen) atoms. The summed E-state index contributed by atoms with van der Waals surface area (Å²) in [7, 11) is 0. The molecule has 0 spiro atoms. The van der Waals surface area contributed by atoms with Crippen molar-refractivity contribution >= 4 is 17.5 Å². The molecule has 0 atom stereocenters. The zero-order chi connectivity index (χ0) is 14.4. The van der Waals surface area contributed by atoms with Gasteiger partial charge in [0.2, 0.25) is 5.91 Å². The van der Waals surface area contributed by atoms with Gasteiger partial charge in [-0.3, -0.25) is 9.59 Å². The third kappa shape index (κ3) is 4.37. The summed E-state index contributed by atoms with van der Waals surface area (Å²) in [5.74, 6) is 0.416. The largest absolute Gasteiger partial charge is 0.352 e. The van der Waals surface area contributed by atoms with Crippen molar-refractivity contribution in [1.82, 2.24) is 5.32 Å². The van der Waals surface area contributed by atoms with Gasteiger partial charge in [0, 0.05) is 24.7 Å². The average Bonchev–Trinajstić information content (AvgIpc) is 2.45. The molecule has 0 unspecified atom stereocenters. The number of hydrogen-bond donors (Lipinski definition) is 2. The molecule has 0 bridgehead atoms. The van der Waals surface area contributed by atoms with Crippen LogP contribution < -0.4 is 10.6 Å². The third-order valence-electron chi connectivity index (χ3n) is 3.72. The average molecular weight is 274 g/mol. The number of anilines is 1. The Morgan fingerprint density at radius 1 is 1.20 bits per heavy atom. The third-order valence-corrected chi connectivity index (χ3v) is 3.72. The molecular weight excluding hydrogens is 252 g/mol. The molecule has 108 valence electrons. The highest BCUT2D eigenvalue weighted by atomic mass is 16.2. The first kappa shape index (κ1) is 14.6. The van der Waals surface area contributed by atoms with Crippen molar-refractivity contribution in [2.45, 2.75) is 39.0 Å². The lowest BCUT2D eigenvalue weighted by Gasteiger charge is -2.21. The molecule has 4 heteroatoms. The van der Waals surface area contributed by atoms with Crippen molar-refractivity contribution in [3.63, 3.8) is 0 Å². The van der Waals surface area contributed by atoms with Gasteiger partial charge in [0.05, 0.1) is 0 Å². The van der Waals surface area contributed by atoms with Gasteiger partial charge < -0.3 is 10.6 Å². The second-order valence-corrected chi connectivity index (χ2v) is 5.48. The number of carbonyl (C=O) groups excluding carboxylic acids is 2. The molecule has 0 saturated heterocycles. The first-order valence-corrected chi connectivity index (χ1v) is 7.31. The second-order valence-electron chi connectivity index (χ2n) is 5.48. The van der Waals surface area contributed by atoms with E-state index in [1.807, 2.05) is 0 Å². The number of amides is 2. The van der Waals surface area contributed by atoms with Crippen LogP contribution in [0.2, 0.25) is 0 Å². The van der Waals surface area contributed by atoms with Crippen molar-refractivity contribution in [2.24, 2.45) is 5.92 Å². The molecule has 1 aromatic carbocycles. The summed E-state index contributed by atoms with van der Waals surface area (Å²) in [6, 6.07) is 7.03. The minimum Gasteiger partial charge on any atom is -0.352 e. The standard InChI is InChI=1S/C16H22N2O2/c1-12(19)18-15-9-5-8-14(10-15)16(20)17-11-13-6-3-2-4-7-13/h5,8-10,13H,2-4,6-7,11H2,1H3,(H,17,20)(H,18,19). The van der Waals surface area contributed by atoms with Crippen LogP contribution in [0.3, 0.4) is 0 Å². The van der Waals surface area contributed by atoms with Crippen molar-refractivity contribution in [3.8, 4) is 0 Å². The maximum absolute atomic E-state index is 12.1. The highest BCUT2D eigenvalue weighted by Crippen LogP contribution is 2.22. The first-order valence-electron chi connectivity index (χ1n) is 7.31. The molecular formula is C16H22N2O2. The van der Waals surface area contributed by atoms with E-state index in [-0.39, 0.29) is 11.8 Å². The highest BCUT2D eigenvalue weighted by Gasteiger charge is 2.15. The van der Waals surface area contributed by atoms with Crippen LogP contribution in [-0.2, 0) is 4.79 Å². The van der Waals surface area contributed by atoms with E-state index in [2.05, 4.69) is 10.6 Å². The Balaban J connectivity index is 1.89. The number of hydrogen-bond acceptors (Lipinski definition) is 2. The summed E-state index contributed by atoms with van der Waals surface area (Å²) < 4.78 is 0. The number of nitrogens with one attached hydrogen (secondary N) is 2. The smallest absolute Gasteiger partial charge is 0.251 e. The normalized spacial score (nSPS) is 15.7. The van der Waals surface area contributed by atoms with Crippen LogP contribution in [0.1, 0.15) is 49.4 Å². The van der Waals surface area contributed by atoms with Gasteiger partial charge in [-0.05, 0) is 37.0 Å². The molecule has 2 amide bonds. The van der Waals surface area contributed by atoms with Crippen LogP contribution in [0.5, 0.6) is 0 Å². The van der Waals surface area contributed by atoms with Crippen molar-refractivity contribution < 1.29 is 9.59 Å². The molecule has 1 aromatic rings. The molecule has 0 aromatic heterocycles. The summed E-state index contributed by atoms with van der Waals surface area (Å²) in [6.07, 6.45) is 6.30. The molecule has 0 heterocycles. The van der Waals surface area contributed by atoms with Crippen molar-refractivity contribution in [1.29, 1.82) is 0 Å². The summed E-state index contributed by atoms with van der Waals surface area (Å²) in [5.41, 5.74) is 1.25. The SMILES string of the molecule is CC(=O)Nc1cccc(C(=O)NCC2CCCCC2)c1. The molecule has 2 N–H and O–H groups in total. The molecule has 1 saturated carbocycles. The molecule has 1 fully saturated rings. The Kier molecular flexibility index (Phi) is 5.16. The first-order chi connectivity index (χ1) is 9.65. The van der Waals surface area contributed by atoms with Gasteiger partial charge in [-0.1, -0.05) is 25.3 Å². The predicted octanol–water partition coefficient (Wildman–Crippen LogP) is 2.96. The monoisotopic (exact) mass is 274 g/mol. The Hall–Kier alpha value is -1.84. The Bertz CT molecular complexity index is 479. The minimum absolute atomic E-state index is 0.0669. The van der Waals surface area contributed by atoms with E-state index in [0.29, 0.717) is 17.2 Å². The van der Waals surface area contributed by atoms with E-state index < -0.39 is 0 Å². The zero-order valence-electron chi connectivity index (χ0n) is 11.9. The maximum atomic E-state index is 12.1. The van der Waals surface area contributed by atoms with E-state index in [1.165, 1.54) is 39.0 Å². The Morgan fingerprint density at radius 2 is 1.95 bits per heavy atom. The summed E-state index contributed by atoms with van der Waals surface area (Å²) >= 11 is 0. The van der Waals surface area contributed by atoms with Gasteiger partial charge in [0.25, 0.3) is 5.91 Å². The fraction of sp³-hybridized carbons (Fsp3) is 0.500. The summed E-state index contributed by atoms with van der Waals surface area (Å²) in [4.78, 5) is 23.1. The summed E-state index contributed by atoms with van der Waals surface area (Å²) in [5, 5.41) is 5.68. The van der Waals surface area contributed by atoms with Crippen LogP contribution in [0.25, 0.3) is 0 Å². The van der Waals surface area contributed by atoms with Crippen LogP contribution in [-0.4, -0.2) is 18.4 Å².